The van der Waals surface area contributed by atoms with Crippen LogP contribution in [0.1, 0.15) is 32.8 Å². The Morgan fingerprint density at radius 3 is 2.65 bits per heavy atom. The maximum atomic E-state index is 6.18. The lowest BCUT2D eigenvalue weighted by atomic mass is 10.1. The van der Waals surface area contributed by atoms with Crippen molar-refractivity contribution < 1.29 is 4.74 Å². The van der Waals surface area contributed by atoms with Crippen molar-refractivity contribution in [1.29, 1.82) is 0 Å². The predicted octanol–water partition coefficient (Wildman–Crippen LogP) is 6.63. The Bertz CT molecular complexity index is 1540. The number of aryl methyl sites for hydroxylation is 2. The number of aromatic nitrogens is 5. The van der Waals surface area contributed by atoms with Crippen LogP contribution in [0, 0.1) is 12.8 Å². The van der Waals surface area contributed by atoms with Crippen LogP contribution in [0.3, 0.4) is 0 Å². The van der Waals surface area contributed by atoms with Gasteiger partial charge in [0.25, 0.3) is 0 Å². The lowest BCUT2D eigenvalue weighted by Gasteiger charge is -2.25. The topological polar surface area (TPSA) is 81.0 Å². The summed E-state index contributed by atoms with van der Waals surface area (Å²) < 4.78 is 8.17. The molecule has 0 spiro atoms. The van der Waals surface area contributed by atoms with Gasteiger partial charge in [0.1, 0.15) is 29.5 Å². The van der Waals surface area contributed by atoms with Crippen LogP contribution in [0.25, 0.3) is 21.9 Å². The third-order valence-corrected chi connectivity index (χ3v) is 6.27. The Labute approximate surface area is 217 Å². The molecule has 5 rings (SSSR count). The number of ether oxygens (including phenoxy) is 1. The van der Waals surface area contributed by atoms with Crippen LogP contribution in [-0.4, -0.2) is 37.6 Å². The van der Waals surface area contributed by atoms with Crippen LogP contribution < -0.4 is 15.0 Å². The molecule has 5 aromatic rings. The molecule has 0 saturated heterocycles. The summed E-state index contributed by atoms with van der Waals surface area (Å²) >= 11 is 0. The number of anilines is 3. The number of hydrogen-bond acceptors (Lipinski definition) is 7. The van der Waals surface area contributed by atoms with Crippen LogP contribution in [-0.2, 0) is 7.05 Å². The van der Waals surface area contributed by atoms with Crippen LogP contribution >= 0.6 is 0 Å². The maximum Gasteiger partial charge on any atom is 0.141 e. The molecular formula is C29H33N7O. The molecule has 0 saturated carbocycles. The van der Waals surface area contributed by atoms with E-state index in [4.69, 9.17) is 9.72 Å². The Hall–Kier alpha value is -4.20. The molecule has 0 amide bonds. The smallest absolute Gasteiger partial charge is 0.141 e. The molecule has 8 heteroatoms. The lowest BCUT2D eigenvalue weighted by Crippen LogP contribution is -2.29. The number of hydrogen-bond donors (Lipinski definition) is 1. The van der Waals surface area contributed by atoms with Gasteiger partial charge < -0.3 is 19.5 Å². The molecule has 3 heterocycles. The first-order valence-corrected chi connectivity index (χ1v) is 12.7. The van der Waals surface area contributed by atoms with E-state index in [1.807, 2.05) is 61.4 Å². The van der Waals surface area contributed by atoms with Gasteiger partial charge in [-0.3, -0.25) is 0 Å². The number of pyridine rings is 1. The second kappa shape index (κ2) is 10.4. The number of imidazole rings is 1. The summed E-state index contributed by atoms with van der Waals surface area (Å²) in [6, 6.07) is 14.1. The fourth-order valence-corrected chi connectivity index (χ4v) is 4.52. The average molecular weight is 496 g/mol. The van der Waals surface area contributed by atoms with Gasteiger partial charge >= 0.3 is 0 Å². The van der Waals surface area contributed by atoms with Crippen LogP contribution in [0.4, 0.5) is 17.3 Å². The quantitative estimate of drug-likeness (QED) is 0.246. The highest BCUT2D eigenvalue weighted by Crippen LogP contribution is 2.31. The van der Waals surface area contributed by atoms with E-state index in [0.29, 0.717) is 5.92 Å². The molecule has 0 fully saturated rings. The first-order chi connectivity index (χ1) is 17.9. The van der Waals surface area contributed by atoms with E-state index in [1.54, 1.807) is 6.33 Å². The van der Waals surface area contributed by atoms with E-state index in [0.717, 1.165) is 75.8 Å². The molecule has 37 heavy (non-hydrogen) atoms. The first kappa shape index (κ1) is 24.5. The van der Waals surface area contributed by atoms with Crippen LogP contribution in [0.15, 0.2) is 61.3 Å². The second-order valence-electron chi connectivity index (χ2n) is 9.84. The molecule has 190 valence electrons. The standard InChI is InChI=1S/C29H33N7O/c1-6-11-36(16-19(2)3)28-14-23-25(15-30-28)31-17-32-29(23)34-21-7-10-27(20(4)12-21)37-22-8-9-26-24(13-22)33-18-35(26)5/h7-10,12-15,17-19H,6,11,16H2,1-5H3,(H,31,32,34). The predicted molar refractivity (Wildman–Crippen MR) is 150 cm³/mol. The molecule has 0 aliphatic heterocycles. The van der Waals surface area contributed by atoms with E-state index < -0.39 is 0 Å². The van der Waals surface area contributed by atoms with Crippen molar-refractivity contribution >= 4 is 39.3 Å². The van der Waals surface area contributed by atoms with E-state index in [9.17, 15) is 0 Å². The Balaban J connectivity index is 1.39. The zero-order valence-corrected chi connectivity index (χ0v) is 22.1. The van der Waals surface area contributed by atoms with Gasteiger partial charge in [0.05, 0.1) is 29.1 Å². The fraction of sp³-hybridized carbons (Fsp3) is 0.310. The minimum Gasteiger partial charge on any atom is -0.457 e. The molecule has 0 aliphatic carbocycles. The minimum absolute atomic E-state index is 0.545. The van der Waals surface area contributed by atoms with Gasteiger partial charge in [0.2, 0.25) is 0 Å². The maximum absolute atomic E-state index is 6.18. The SMILES string of the molecule is CCCN(CC(C)C)c1cc2c(Nc3ccc(Oc4ccc5c(c4)ncn5C)c(C)c3)ncnc2cn1. The molecule has 2 aromatic carbocycles. The van der Waals surface area contributed by atoms with Crippen LogP contribution in [0.5, 0.6) is 11.5 Å². The van der Waals surface area contributed by atoms with Crippen molar-refractivity contribution in [2.24, 2.45) is 13.0 Å². The summed E-state index contributed by atoms with van der Waals surface area (Å²) in [5, 5.41) is 4.42. The van der Waals surface area contributed by atoms with Gasteiger partial charge in [-0.15, -0.1) is 0 Å². The monoisotopic (exact) mass is 495 g/mol. The number of rotatable bonds is 9. The molecule has 8 nitrogen and oxygen atoms in total. The molecule has 1 N–H and O–H groups in total. The third-order valence-electron chi connectivity index (χ3n) is 6.27. The molecule has 0 bridgehead atoms. The Morgan fingerprint density at radius 2 is 1.86 bits per heavy atom. The summed E-state index contributed by atoms with van der Waals surface area (Å²) in [5.74, 6) is 3.80. The molecule has 0 aliphatic rings. The van der Waals surface area contributed by atoms with Crippen molar-refractivity contribution in [3.8, 4) is 11.5 Å². The van der Waals surface area contributed by atoms with E-state index in [1.165, 1.54) is 0 Å². The van der Waals surface area contributed by atoms with Crippen LogP contribution in [0.2, 0.25) is 0 Å². The third kappa shape index (κ3) is 5.33. The summed E-state index contributed by atoms with van der Waals surface area (Å²) in [4.78, 5) is 20.4. The van der Waals surface area contributed by atoms with Crippen molar-refractivity contribution in [1.82, 2.24) is 24.5 Å². The molecule has 0 unspecified atom stereocenters. The van der Waals surface area contributed by atoms with E-state index in [-0.39, 0.29) is 0 Å². The fourth-order valence-electron chi connectivity index (χ4n) is 4.52. The van der Waals surface area contributed by atoms with Crippen molar-refractivity contribution in [2.45, 2.75) is 34.1 Å². The van der Waals surface area contributed by atoms with Gasteiger partial charge in [0.15, 0.2) is 0 Å². The van der Waals surface area contributed by atoms with Gasteiger partial charge in [-0.05, 0) is 61.2 Å². The van der Waals surface area contributed by atoms with Gasteiger partial charge in [-0.1, -0.05) is 20.8 Å². The number of nitrogens with zero attached hydrogens (tertiary/aromatic N) is 6. The zero-order valence-electron chi connectivity index (χ0n) is 22.1. The summed E-state index contributed by atoms with van der Waals surface area (Å²) in [6.45, 7) is 10.6. The summed E-state index contributed by atoms with van der Waals surface area (Å²) in [7, 11) is 1.98. The molecule has 0 atom stereocenters. The van der Waals surface area contributed by atoms with E-state index in [2.05, 4.69) is 58.1 Å². The zero-order chi connectivity index (χ0) is 25.9. The number of benzene rings is 2. The number of nitrogens with one attached hydrogen (secondary N) is 1. The van der Waals surface area contributed by atoms with Crippen molar-refractivity contribution in [2.75, 3.05) is 23.3 Å². The average Bonchev–Trinajstić information content (AvgIpc) is 3.25. The summed E-state index contributed by atoms with van der Waals surface area (Å²) in [5.41, 5.74) is 4.73. The van der Waals surface area contributed by atoms with Gasteiger partial charge in [0, 0.05) is 37.3 Å². The van der Waals surface area contributed by atoms with E-state index >= 15 is 0 Å². The molecule has 0 radical (unpaired) electrons. The van der Waals surface area contributed by atoms with Crippen molar-refractivity contribution in [3.05, 3.63) is 66.9 Å². The van der Waals surface area contributed by atoms with Gasteiger partial charge in [-0.25, -0.2) is 19.9 Å². The second-order valence-corrected chi connectivity index (χ2v) is 9.84. The highest BCUT2D eigenvalue weighted by molar-refractivity contribution is 5.92. The normalized spacial score (nSPS) is 11.4. The highest BCUT2D eigenvalue weighted by atomic mass is 16.5. The van der Waals surface area contributed by atoms with Gasteiger partial charge in [-0.2, -0.15) is 0 Å². The highest BCUT2D eigenvalue weighted by Gasteiger charge is 2.13. The minimum atomic E-state index is 0.545. The Morgan fingerprint density at radius 1 is 1.00 bits per heavy atom. The summed E-state index contributed by atoms with van der Waals surface area (Å²) in [6.07, 6.45) is 6.27. The lowest BCUT2D eigenvalue weighted by molar-refractivity contribution is 0.479. The first-order valence-electron chi connectivity index (χ1n) is 12.7. The molecule has 3 aromatic heterocycles. The Kier molecular flexibility index (Phi) is 6.90. The number of fused-ring (bicyclic) bond motifs is 2. The largest absolute Gasteiger partial charge is 0.457 e. The molecular weight excluding hydrogens is 462 g/mol. The van der Waals surface area contributed by atoms with Crippen molar-refractivity contribution in [3.63, 3.8) is 0 Å².